The number of hydrogen-bond donors (Lipinski definition) is 0. The number of fused-ring (bicyclic) bond motifs is 3. The molecule has 0 aromatic heterocycles. The Kier molecular flexibility index (Phi) is 7.27. The molecule has 3 fully saturated rings. The van der Waals surface area contributed by atoms with Gasteiger partial charge in [0.25, 0.3) is 0 Å². The summed E-state index contributed by atoms with van der Waals surface area (Å²) in [6, 6.07) is 28.5. The quantitative estimate of drug-likeness (QED) is 0.450. The second-order valence-corrected chi connectivity index (χ2v) is 10.8. The van der Waals surface area contributed by atoms with E-state index >= 15 is 0 Å². The van der Waals surface area contributed by atoms with Gasteiger partial charge < -0.3 is 9.64 Å². The minimum absolute atomic E-state index is 0.0264. The van der Waals surface area contributed by atoms with E-state index in [0.29, 0.717) is 6.61 Å². The number of amides is 1. The summed E-state index contributed by atoms with van der Waals surface area (Å²) in [5, 5.41) is 0. The monoisotopic (exact) mass is 482 g/mol. The standard InChI is InChI=1S/C32H38N2O2/c1-22-17-23(2)19-24(18-22)21-36-31-27-15-16-34(20-28(27)32(35)33(3)4)30(31)29(25-11-7-5-8-12-25)26-13-9-6-10-14-26/h5-14,17-19,27-31H,15-16,20-21H2,1-4H3/t27-,28-,30+,31+/m1/s1. The van der Waals surface area contributed by atoms with Gasteiger partial charge in [-0.3, -0.25) is 9.69 Å². The fourth-order valence-electron chi connectivity index (χ4n) is 6.59. The molecular weight excluding hydrogens is 444 g/mol. The van der Waals surface area contributed by atoms with E-state index in [9.17, 15) is 4.79 Å². The second kappa shape index (κ2) is 10.6. The Morgan fingerprint density at radius 2 is 1.53 bits per heavy atom. The molecule has 3 aromatic carbocycles. The number of aryl methyl sites for hydroxylation is 2. The molecule has 0 saturated carbocycles. The highest BCUT2D eigenvalue weighted by atomic mass is 16.5. The number of benzene rings is 3. The van der Waals surface area contributed by atoms with Crippen molar-refractivity contribution in [1.29, 1.82) is 0 Å². The third-order valence-corrected chi connectivity index (χ3v) is 8.02. The number of carbonyl (C=O) groups is 1. The Morgan fingerprint density at radius 1 is 0.944 bits per heavy atom. The van der Waals surface area contributed by atoms with Gasteiger partial charge in [-0.25, -0.2) is 0 Å². The molecule has 4 nitrogen and oxygen atoms in total. The smallest absolute Gasteiger partial charge is 0.226 e. The zero-order valence-electron chi connectivity index (χ0n) is 21.9. The third kappa shape index (κ3) is 4.98. The van der Waals surface area contributed by atoms with Crippen LogP contribution in [0.15, 0.2) is 78.9 Å². The Labute approximate surface area is 215 Å². The van der Waals surface area contributed by atoms with E-state index in [1.807, 2.05) is 14.1 Å². The maximum atomic E-state index is 13.3. The van der Waals surface area contributed by atoms with Gasteiger partial charge in [-0.1, -0.05) is 90.0 Å². The zero-order valence-corrected chi connectivity index (χ0v) is 21.9. The molecule has 3 aliphatic heterocycles. The van der Waals surface area contributed by atoms with Crippen LogP contribution in [0.4, 0.5) is 0 Å². The van der Waals surface area contributed by atoms with Crippen LogP contribution in [0.1, 0.15) is 40.2 Å². The first-order valence-electron chi connectivity index (χ1n) is 13.2. The summed E-state index contributed by atoms with van der Waals surface area (Å²) >= 11 is 0. The molecule has 5 atom stereocenters. The van der Waals surface area contributed by atoms with Crippen LogP contribution >= 0.6 is 0 Å². The largest absolute Gasteiger partial charge is 0.372 e. The first-order valence-corrected chi connectivity index (χ1v) is 13.2. The number of piperidine rings is 3. The molecular formula is C32H38N2O2. The SMILES string of the molecule is Cc1cc(C)cc(CO[C@H]2[C@@H]3CCN(C[C@H]3C(=O)N(C)C)[C@H]2C(c2ccccc2)c2ccccc2)c1. The van der Waals surface area contributed by atoms with Gasteiger partial charge in [0.05, 0.1) is 18.6 Å². The summed E-state index contributed by atoms with van der Waals surface area (Å²) < 4.78 is 6.90. The van der Waals surface area contributed by atoms with E-state index < -0.39 is 0 Å². The highest BCUT2D eigenvalue weighted by molar-refractivity contribution is 5.79. The summed E-state index contributed by atoms with van der Waals surface area (Å²) in [5.41, 5.74) is 6.32. The molecule has 2 bridgehead atoms. The van der Waals surface area contributed by atoms with Crippen LogP contribution in [0, 0.1) is 25.7 Å². The van der Waals surface area contributed by atoms with E-state index in [2.05, 4.69) is 97.6 Å². The summed E-state index contributed by atoms with van der Waals surface area (Å²) in [6.07, 6.45) is 0.960. The fraction of sp³-hybridized carbons (Fsp3) is 0.406. The van der Waals surface area contributed by atoms with Crippen LogP contribution in [0.3, 0.4) is 0 Å². The molecule has 1 unspecified atom stereocenters. The molecule has 3 aromatic rings. The number of rotatable bonds is 7. The molecule has 3 heterocycles. The fourth-order valence-corrected chi connectivity index (χ4v) is 6.59. The van der Waals surface area contributed by atoms with Gasteiger partial charge in [0.2, 0.25) is 5.91 Å². The second-order valence-electron chi connectivity index (χ2n) is 10.8. The Morgan fingerprint density at radius 3 is 2.08 bits per heavy atom. The predicted octanol–water partition coefficient (Wildman–Crippen LogP) is 5.43. The van der Waals surface area contributed by atoms with Gasteiger partial charge in [-0.2, -0.15) is 0 Å². The molecule has 0 N–H and O–H groups in total. The molecule has 0 spiro atoms. The molecule has 0 aliphatic carbocycles. The minimum Gasteiger partial charge on any atom is -0.372 e. The van der Waals surface area contributed by atoms with Crippen molar-refractivity contribution in [1.82, 2.24) is 9.80 Å². The van der Waals surface area contributed by atoms with Crippen LogP contribution in [0.5, 0.6) is 0 Å². The van der Waals surface area contributed by atoms with Crippen molar-refractivity contribution in [3.8, 4) is 0 Å². The molecule has 1 amide bonds. The first-order chi connectivity index (χ1) is 17.4. The maximum Gasteiger partial charge on any atom is 0.226 e. The average molecular weight is 483 g/mol. The molecule has 188 valence electrons. The number of ether oxygens (including phenoxy) is 1. The highest BCUT2D eigenvalue weighted by Crippen LogP contribution is 2.46. The number of carbonyl (C=O) groups excluding carboxylic acids is 1. The lowest BCUT2D eigenvalue weighted by molar-refractivity contribution is -0.165. The Bertz CT molecular complexity index is 1120. The highest BCUT2D eigenvalue weighted by Gasteiger charge is 2.53. The molecule has 3 saturated heterocycles. The van der Waals surface area contributed by atoms with Gasteiger partial charge in [0, 0.05) is 38.5 Å². The predicted molar refractivity (Wildman–Crippen MR) is 145 cm³/mol. The lowest BCUT2D eigenvalue weighted by Gasteiger charge is -2.56. The van der Waals surface area contributed by atoms with Crippen LogP contribution in [0.2, 0.25) is 0 Å². The van der Waals surface area contributed by atoms with Crippen molar-refractivity contribution in [3.05, 3.63) is 107 Å². The van der Waals surface area contributed by atoms with E-state index in [0.717, 1.165) is 19.5 Å². The van der Waals surface area contributed by atoms with E-state index in [4.69, 9.17) is 4.74 Å². The van der Waals surface area contributed by atoms with Gasteiger partial charge in [0.15, 0.2) is 0 Å². The summed E-state index contributed by atoms with van der Waals surface area (Å²) in [4.78, 5) is 17.6. The summed E-state index contributed by atoms with van der Waals surface area (Å²) in [7, 11) is 3.75. The van der Waals surface area contributed by atoms with Crippen molar-refractivity contribution in [2.24, 2.45) is 11.8 Å². The van der Waals surface area contributed by atoms with Gasteiger partial charge in [-0.15, -0.1) is 0 Å². The first kappa shape index (κ1) is 24.7. The minimum atomic E-state index is -0.0346. The Hall–Kier alpha value is -2.95. The van der Waals surface area contributed by atoms with Crippen LogP contribution in [-0.2, 0) is 16.1 Å². The summed E-state index contributed by atoms with van der Waals surface area (Å²) in [6.45, 7) is 6.64. The van der Waals surface area contributed by atoms with Gasteiger partial charge in [-0.05, 0) is 43.5 Å². The van der Waals surface area contributed by atoms with Crippen LogP contribution < -0.4 is 0 Å². The normalized spacial score (nSPS) is 25.2. The third-order valence-electron chi connectivity index (χ3n) is 8.02. The zero-order chi connectivity index (χ0) is 25.2. The average Bonchev–Trinajstić information content (AvgIpc) is 2.88. The Balaban J connectivity index is 1.54. The lowest BCUT2D eigenvalue weighted by Crippen LogP contribution is -2.66. The molecule has 4 heteroatoms. The molecule has 6 rings (SSSR count). The van der Waals surface area contributed by atoms with E-state index in [1.165, 1.54) is 27.8 Å². The van der Waals surface area contributed by atoms with Gasteiger partial charge in [0.1, 0.15) is 0 Å². The number of nitrogens with zero attached hydrogens (tertiary/aromatic N) is 2. The van der Waals surface area contributed by atoms with E-state index in [-0.39, 0.29) is 35.8 Å². The topological polar surface area (TPSA) is 32.8 Å². The van der Waals surface area contributed by atoms with Crippen molar-refractivity contribution in [3.63, 3.8) is 0 Å². The van der Waals surface area contributed by atoms with Gasteiger partial charge >= 0.3 is 0 Å². The van der Waals surface area contributed by atoms with Crippen LogP contribution in [-0.4, -0.2) is 55.0 Å². The number of hydrogen-bond acceptors (Lipinski definition) is 3. The molecule has 3 aliphatic rings. The van der Waals surface area contributed by atoms with E-state index in [1.54, 1.807) is 4.90 Å². The lowest BCUT2D eigenvalue weighted by atomic mass is 9.67. The molecule has 0 radical (unpaired) electrons. The van der Waals surface area contributed by atoms with Crippen molar-refractivity contribution >= 4 is 5.91 Å². The van der Waals surface area contributed by atoms with Crippen LogP contribution in [0.25, 0.3) is 0 Å². The van der Waals surface area contributed by atoms with Crippen molar-refractivity contribution in [2.75, 3.05) is 27.2 Å². The van der Waals surface area contributed by atoms with Crippen molar-refractivity contribution in [2.45, 2.75) is 44.9 Å². The summed E-state index contributed by atoms with van der Waals surface area (Å²) in [5.74, 6) is 0.575. The maximum absolute atomic E-state index is 13.3. The van der Waals surface area contributed by atoms with Crippen molar-refractivity contribution < 1.29 is 9.53 Å². The molecule has 36 heavy (non-hydrogen) atoms.